The zero-order valence-corrected chi connectivity index (χ0v) is 14.3. The van der Waals surface area contributed by atoms with E-state index in [2.05, 4.69) is 10.9 Å². The van der Waals surface area contributed by atoms with Crippen LogP contribution in [0.5, 0.6) is 0 Å². The molecule has 1 aliphatic heterocycles. The van der Waals surface area contributed by atoms with Crippen molar-refractivity contribution in [1.29, 1.82) is 5.26 Å². The maximum absolute atomic E-state index is 12.6. The lowest BCUT2D eigenvalue weighted by molar-refractivity contribution is -0.763. The van der Waals surface area contributed by atoms with Gasteiger partial charge in [-0.2, -0.15) is 5.26 Å². The van der Waals surface area contributed by atoms with E-state index in [1.165, 1.54) is 10.6 Å². The molecule has 0 bridgehead atoms. The number of hydrogen-bond acceptors (Lipinski definition) is 6. The van der Waals surface area contributed by atoms with Gasteiger partial charge in [-0.25, -0.2) is 0 Å². The largest absolute Gasteiger partial charge is 0.363 e. The van der Waals surface area contributed by atoms with Crippen molar-refractivity contribution in [3.05, 3.63) is 74.2 Å². The van der Waals surface area contributed by atoms with E-state index in [0.29, 0.717) is 16.8 Å². The number of fused-ring (bicyclic) bond motifs is 1. The molecule has 0 spiro atoms. The Labute approximate surface area is 149 Å². The molecule has 0 fully saturated rings. The summed E-state index contributed by atoms with van der Waals surface area (Å²) in [6.45, 7) is 3.50. The van der Waals surface area contributed by atoms with Gasteiger partial charge in [-0.15, -0.1) is 10.1 Å². The average molecular weight is 355 g/mol. The third-order valence-electron chi connectivity index (χ3n) is 4.18. The van der Waals surface area contributed by atoms with Gasteiger partial charge in [0.15, 0.2) is 0 Å². The predicted molar refractivity (Wildman–Crippen MR) is 92.0 cm³/mol. The van der Waals surface area contributed by atoms with Crippen LogP contribution in [0.3, 0.4) is 0 Å². The number of allylic oxidation sites excluding steroid dienone is 2. The Morgan fingerprint density at radius 3 is 2.92 bits per heavy atom. The highest BCUT2D eigenvalue weighted by molar-refractivity contribution is 5.59. The summed E-state index contributed by atoms with van der Waals surface area (Å²) in [7, 11) is 0. The molecule has 2 heterocycles. The first-order chi connectivity index (χ1) is 12.3. The number of pyridine rings is 1. The Morgan fingerprint density at radius 2 is 2.27 bits per heavy atom. The molecule has 2 atom stereocenters. The molecular weight excluding hydrogens is 338 g/mol. The molecule has 1 aromatic rings. The highest BCUT2D eigenvalue weighted by atomic mass is 16.9. The van der Waals surface area contributed by atoms with E-state index in [1.54, 1.807) is 24.4 Å². The minimum atomic E-state index is -0.901. The van der Waals surface area contributed by atoms with Crippen molar-refractivity contribution in [1.82, 2.24) is 4.57 Å². The first-order valence-corrected chi connectivity index (χ1v) is 7.99. The van der Waals surface area contributed by atoms with E-state index in [4.69, 9.17) is 10.00 Å². The third kappa shape index (κ3) is 3.58. The van der Waals surface area contributed by atoms with Gasteiger partial charge in [0.2, 0.25) is 0 Å². The van der Waals surface area contributed by atoms with Gasteiger partial charge in [-0.05, 0) is 37.6 Å². The van der Waals surface area contributed by atoms with Crippen molar-refractivity contribution in [3.63, 3.8) is 0 Å². The third-order valence-corrected chi connectivity index (χ3v) is 4.18. The Morgan fingerprint density at radius 1 is 1.50 bits per heavy atom. The van der Waals surface area contributed by atoms with Crippen LogP contribution in [0.2, 0.25) is 0 Å². The lowest BCUT2D eigenvalue weighted by Gasteiger charge is -2.39. The van der Waals surface area contributed by atoms with Gasteiger partial charge in [0, 0.05) is 29.5 Å². The summed E-state index contributed by atoms with van der Waals surface area (Å²) >= 11 is 0. The van der Waals surface area contributed by atoms with E-state index in [9.17, 15) is 14.9 Å². The van der Waals surface area contributed by atoms with E-state index in [0.717, 1.165) is 0 Å². The highest BCUT2D eigenvalue weighted by Crippen LogP contribution is 2.37. The molecule has 0 radical (unpaired) electrons. The fourth-order valence-corrected chi connectivity index (χ4v) is 3.12. The molecule has 1 aromatic heterocycles. The number of nitrogens with zero attached hydrogens (tertiary/aromatic N) is 3. The van der Waals surface area contributed by atoms with Crippen LogP contribution in [0, 0.1) is 27.4 Å². The second kappa shape index (κ2) is 6.61. The number of nitriles is 1. The standard InChI is InChI=1S/C18H17N3O5/c1-18(2)9-15(14-7-12(10-19)3-4-16(14)26-18)20-6-5-13(8-17(20)22)11-25-21(23)24/h3-9,14,16H,11H2,1-2H3. The van der Waals surface area contributed by atoms with E-state index in [1.807, 2.05) is 26.0 Å². The molecule has 8 heteroatoms. The molecular formula is C18H17N3O5. The van der Waals surface area contributed by atoms with Crippen molar-refractivity contribution in [2.24, 2.45) is 5.92 Å². The molecule has 2 aliphatic rings. The van der Waals surface area contributed by atoms with Crippen LogP contribution < -0.4 is 5.56 Å². The summed E-state index contributed by atoms with van der Waals surface area (Å²) in [6.07, 6.45) is 8.44. The highest BCUT2D eigenvalue weighted by Gasteiger charge is 2.36. The zero-order chi connectivity index (χ0) is 18.9. The summed E-state index contributed by atoms with van der Waals surface area (Å²) in [5.41, 5.74) is 0.687. The quantitative estimate of drug-likeness (QED) is 0.605. The van der Waals surface area contributed by atoms with E-state index < -0.39 is 10.7 Å². The average Bonchev–Trinajstić information content (AvgIpc) is 2.58. The monoisotopic (exact) mass is 355 g/mol. The first kappa shape index (κ1) is 17.6. The molecule has 0 saturated heterocycles. The van der Waals surface area contributed by atoms with Gasteiger partial charge < -0.3 is 9.57 Å². The normalized spacial score (nSPS) is 23.3. The molecule has 0 saturated carbocycles. The molecule has 0 aromatic carbocycles. The Hall–Kier alpha value is -3.18. The minimum absolute atomic E-state index is 0.277. The van der Waals surface area contributed by atoms with Gasteiger partial charge in [0.25, 0.3) is 10.6 Å². The molecule has 134 valence electrons. The SMILES string of the molecule is CC1(C)C=C(n2ccc(CO[N+](=O)[O-])cc2=O)C2C=C(C#N)C=CC2O1. The smallest absolute Gasteiger partial charge is 0.294 e. The van der Waals surface area contributed by atoms with Crippen LogP contribution in [0.15, 0.2) is 53.0 Å². The van der Waals surface area contributed by atoms with Crippen molar-refractivity contribution in [3.8, 4) is 6.07 Å². The molecule has 0 amide bonds. The maximum atomic E-state index is 12.6. The summed E-state index contributed by atoms with van der Waals surface area (Å²) in [5.74, 6) is -0.277. The predicted octanol–water partition coefficient (Wildman–Crippen LogP) is 2.21. The summed E-state index contributed by atoms with van der Waals surface area (Å²) < 4.78 is 7.50. The summed E-state index contributed by atoms with van der Waals surface area (Å²) in [4.78, 5) is 27.2. The van der Waals surface area contributed by atoms with Crippen molar-refractivity contribution in [2.75, 3.05) is 0 Å². The Kier molecular flexibility index (Phi) is 4.49. The van der Waals surface area contributed by atoms with Crippen LogP contribution in [-0.2, 0) is 16.2 Å². The lowest BCUT2D eigenvalue weighted by atomic mass is 9.85. The van der Waals surface area contributed by atoms with Crippen LogP contribution >= 0.6 is 0 Å². The van der Waals surface area contributed by atoms with Crippen LogP contribution in [0.25, 0.3) is 5.70 Å². The van der Waals surface area contributed by atoms with E-state index in [-0.39, 0.29) is 24.2 Å². The molecule has 26 heavy (non-hydrogen) atoms. The number of hydrogen-bond donors (Lipinski definition) is 0. The molecule has 2 unspecified atom stereocenters. The van der Waals surface area contributed by atoms with Crippen molar-refractivity contribution in [2.45, 2.75) is 32.2 Å². The van der Waals surface area contributed by atoms with Gasteiger partial charge in [-0.3, -0.25) is 9.36 Å². The number of rotatable bonds is 4. The number of ether oxygens (including phenoxy) is 1. The second-order valence-electron chi connectivity index (χ2n) is 6.61. The summed E-state index contributed by atoms with van der Waals surface area (Å²) in [5, 5.41) is 18.6. The van der Waals surface area contributed by atoms with Gasteiger partial charge >= 0.3 is 0 Å². The van der Waals surface area contributed by atoms with Gasteiger partial charge in [-0.1, -0.05) is 12.2 Å². The van der Waals surface area contributed by atoms with Crippen LogP contribution in [-0.4, -0.2) is 21.4 Å². The molecule has 1 aliphatic carbocycles. The number of aromatic nitrogens is 1. The minimum Gasteiger partial charge on any atom is -0.363 e. The maximum Gasteiger partial charge on any atom is 0.294 e. The van der Waals surface area contributed by atoms with E-state index >= 15 is 0 Å². The molecule has 3 rings (SSSR count). The zero-order valence-electron chi connectivity index (χ0n) is 14.3. The molecule has 0 N–H and O–H groups in total. The Bertz CT molecular complexity index is 933. The summed E-state index contributed by atoms with van der Waals surface area (Å²) in [6, 6.07) is 5.00. The molecule has 8 nitrogen and oxygen atoms in total. The van der Waals surface area contributed by atoms with Crippen molar-refractivity contribution >= 4 is 5.70 Å². The second-order valence-corrected chi connectivity index (χ2v) is 6.61. The lowest BCUT2D eigenvalue weighted by Crippen LogP contribution is -2.41. The topological polar surface area (TPSA) is 107 Å². The Balaban J connectivity index is 2.00. The fourth-order valence-electron chi connectivity index (χ4n) is 3.12. The van der Waals surface area contributed by atoms with Crippen LogP contribution in [0.1, 0.15) is 19.4 Å². The van der Waals surface area contributed by atoms with Crippen LogP contribution in [0.4, 0.5) is 0 Å². The van der Waals surface area contributed by atoms with Gasteiger partial charge in [0.05, 0.1) is 17.8 Å². The van der Waals surface area contributed by atoms with Crippen molar-refractivity contribution < 1.29 is 14.7 Å². The first-order valence-electron chi connectivity index (χ1n) is 7.99. The fraction of sp³-hybridized carbons (Fsp3) is 0.333. The van der Waals surface area contributed by atoms with Gasteiger partial charge in [0.1, 0.15) is 6.61 Å².